The second-order valence-electron chi connectivity index (χ2n) is 6.59. The Hall–Kier alpha value is -3.47. The first-order chi connectivity index (χ1) is 13.5. The molecule has 0 radical (unpaired) electrons. The molecule has 0 aliphatic carbocycles. The van der Waals surface area contributed by atoms with E-state index in [1.165, 1.54) is 12.5 Å². The van der Waals surface area contributed by atoms with Crippen LogP contribution in [0.1, 0.15) is 36.2 Å². The van der Waals surface area contributed by atoms with Crippen molar-refractivity contribution in [3.8, 4) is 11.3 Å². The van der Waals surface area contributed by atoms with Gasteiger partial charge in [0.2, 0.25) is 5.91 Å². The average molecular weight is 373 g/mol. The summed E-state index contributed by atoms with van der Waals surface area (Å²) in [6.07, 6.45) is 4.03. The number of aromatic nitrogens is 1. The van der Waals surface area contributed by atoms with Gasteiger partial charge in [0.15, 0.2) is 0 Å². The summed E-state index contributed by atoms with van der Waals surface area (Å²) in [6.45, 7) is 3.60. The maximum Gasteiger partial charge on any atom is 0.255 e. The number of rotatable bonds is 6. The molecular weight excluding hydrogens is 350 g/mol. The summed E-state index contributed by atoms with van der Waals surface area (Å²) in [7, 11) is 0. The lowest BCUT2D eigenvalue weighted by Gasteiger charge is -2.08. The number of benzene rings is 2. The number of nitrogens with one attached hydrogen (secondary N) is 2. The summed E-state index contributed by atoms with van der Waals surface area (Å²) in [5.74, 6) is -0.323. The third-order valence-corrected chi connectivity index (χ3v) is 4.27. The minimum absolute atomic E-state index is 0.133. The Morgan fingerprint density at radius 1 is 0.857 bits per heavy atom. The van der Waals surface area contributed by atoms with Gasteiger partial charge in [0.1, 0.15) is 0 Å². The fourth-order valence-corrected chi connectivity index (χ4v) is 2.87. The Balaban J connectivity index is 1.65. The van der Waals surface area contributed by atoms with Crippen molar-refractivity contribution in [1.82, 2.24) is 4.98 Å². The van der Waals surface area contributed by atoms with Crippen LogP contribution in [0.4, 0.5) is 11.4 Å². The van der Waals surface area contributed by atoms with E-state index in [1.807, 2.05) is 24.4 Å². The van der Waals surface area contributed by atoms with Crippen molar-refractivity contribution in [2.45, 2.75) is 26.7 Å². The number of carbonyl (C=O) groups excluding carboxylic acids is 2. The highest BCUT2D eigenvalue weighted by Gasteiger charge is 2.07. The molecule has 2 N–H and O–H groups in total. The molecule has 5 heteroatoms. The number of amides is 2. The van der Waals surface area contributed by atoms with E-state index in [1.54, 1.807) is 36.4 Å². The topological polar surface area (TPSA) is 71.1 Å². The van der Waals surface area contributed by atoms with Crippen LogP contribution in [-0.2, 0) is 11.2 Å². The standard InChI is InChI=1S/C23H23N3O2/c1-3-4-17-5-14-22(24-15-17)18-6-8-19(9-7-18)23(28)26-21-12-10-20(11-13-21)25-16(2)27/h5-15H,3-4H2,1-2H3,(H,25,27)(H,26,28). The van der Waals surface area contributed by atoms with Crippen molar-refractivity contribution in [2.24, 2.45) is 0 Å². The van der Waals surface area contributed by atoms with Gasteiger partial charge in [-0.05, 0) is 54.4 Å². The quantitative estimate of drug-likeness (QED) is 0.645. The van der Waals surface area contributed by atoms with Gasteiger partial charge in [0.25, 0.3) is 5.91 Å². The van der Waals surface area contributed by atoms with Crippen LogP contribution in [0.15, 0.2) is 66.9 Å². The van der Waals surface area contributed by atoms with Gasteiger partial charge in [0.05, 0.1) is 5.69 Å². The minimum atomic E-state index is -0.190. The summed E-state index contributed by atoms with van der Waals surface area (Å²) >= 11 is 0. The van der Waals surface area contributed by atoms with Crippen LogP contribution in [0.2, 0.25) is 0 Å². The normalized spacial score (nSPS) is 10.4. The lowest BCUT2D eigenvalue weighted by atomic mass is 10.1. The summed E-state index contributed by atoms with van der Waals surface area (Å²) < 4.78 is 0. The van der Waals surface area contributed by atoms with Gasteiger partial charge in [-0.1, -0.05) is 31.5 Å². The fourth-order valence-electron chi connectivity index (χ4n) is 2.87. The zero-order valence-corrected chi connectivity index (χ0v) is 16.0. The van der Waals surface area contributed by atoms with Crippen LogP contribution in [0.25, 0.3) is 11.3 Å². The Morgan fingerprint density at radius 3 is 2.04 bits per heavy atom. The molecule has 1 heterocycles. The molecular formula is C23H23N3O2. The second-order valence-corrected chi connectivity index (χ2v) is 6.59. The van der Waals surface area contributed by atoms with Crippen molar-refractivity contribution in [3.05, 3.63) is 78.0 Å². The van der Waals surface area contributed by atoms with Crippen LogP contribution in [-0.4, -0.2) is 16.8 Å². The number of anilines is 2. The number of hydrogen-bond acceptors (Lipinski definition) is 3. The summed E-state index contributed by atoms with van der Waals surface area (Å²) in [5, 5.41) is 5.54. The van der Waals surface area contributed by atoms with E-state index in [-0.39, 0.29) is 11.8 Å². The number of carbonyl (C=O) groups is 2. The maximum absolute atomic E-state index is 12.4. The molecule has 0 bridgehead atoms. The van der Waals surface area contributed by atoms with Gasteiger partial charge >= 0.3 is 0 Å². The zero-order chi connectivity index (χ0) is 19.9. The van der Waals surface area contributed by atoms with E-state index in [4.69, 9.17) is 0 Å². The van der Waals surface area contributed by atoms with Crippen molar-refractivity contribution in [3.63, 3.8) is 0 Å². The van der Waals surface area contributed by atoms with Crippen molar-refractivity contribution in [2.75, 3.05) is 10.6 Å². The van der Waals surface area contributed by atoms with Gasteiger partial charge in [-0.25, -0.2) is 0 Å². The predicted molar refractivity (Wildman–Crippen MR) is 112 cm³/mol. The molecule has 3 rings (SSSR count). The maximum atomic E-state index is 12.4. The first-order valence-electron chi connectivity index (χ1n) is 9.29. The van der Waals surface area contributed by atoms with Crippen molar-refractivity contribution >= 4 is 23.2 Å². The molecule has 0 aliphatic rings. The summed E-state index contributed by atoms with van der Waals surface area (Å²) in [4.78, 5) is 28.0. The van der Waals surface area contributed by atoms with E-state index in [0.717, 1.165) is 24.1 Å². The predicted octanol–water partition coefficient (Wildman–Crippen LogP) is 4.91. The molecule has 2 amide bonds. The third kappa shape index (κ3) is 5.04. The van der Waals surface area contributed by atoms with Gasteiger partial charge in [0, 0.05) is 35.6 Å². The monoisotopic (exact) mass is 373 g/mol. The Kier molecular flexibility index (Phi) is 6.17. The number of hydrogen-bond donors (Lipinski definition) is 2. The SMILES string of the molecule is CCCc1ccc(-c2ccc(C(=O)Nc3ccc(NC(C)=O)cc3)cc2)nc1. The van der Waals surface area contributed by atoms with Gasteiger partial charge in [-0.15, -0.1) is 0 Å². The molecule has 2 aromatic carbocycles. The molecule has 0 atom stereocenters. The van der Waals surface area contributed by atoms with Gasteiger partial charge in [-0.2, -0.15) is 0 Å². The van der Waals surface area contributed by atoms with Crippen LogP contribution < -0.4 is 10.6 Å². The molecule has 0 spiro atoms. The summed E-state index contributed by atoms with van der Waals surface area (Å²) in [5.41, 5.74) is 5.01. The summed E-state index contributed by atoms with van der Waals surface area (Å²) in [6, 6.07) is 18.5. The molecule has 0 fully saturated rings. The van der Waals surface area contributed by atoms with E-state index in [2.05, 4.69) is 28.6 Å². The Labute approximate surface area is 164 Å². The van der Waals surface area contributed by atoms with Gasteiger partial charge < -0.3 is 10.6 Å². The van der Waals surface area contributed by atoms with E-state index < -0.39 is 0 Å². The molecule has 142 valence electrons. The van der Waals surface area contributed by atoms with Crippen LogP contribution in [0, 0.1) is 0 Å². The smallest absolute Gasteiger partial charge is 0.255 e. The highest BCUT2D eigenvalue weighted by Crippen LogP contribution is 2.19. The average Bonchev–Trinajstić information content (AvgIpc) is 2.70. The lowest BCUT2D eigenvalue weighted by Crippen LogP contribution is -2.12. The Bertz CT molecular complexity index is 947. The number of pyridine rings is 1. The highest BCUT2D eigenvalue weighted by atomic mass is 16.2. The lowest BCUT2D eigenvalue weighted by molar-refractivity contribution is -0.114. The molecule has 0 unspecified atom stereocenters. The van der Waals surface area contributed by atoms with Crippen LogP contribution in [0.3, 0.4) is 0 Å². The second kappa shape index (κ2) is 8.95. The number of nitrogens with zero attached hydrogens (tertiary/aromatic N) is 1. The largest absolute Gasteiger partial charge is 0.326 e. The third-order valence-electron chi connectivity index (χ3n) is 4.27. The number of aryl methyl sites for hydroxylation is 1. The van der Waals surface area contributed by atoms with E-state index >= 15 is 0 Å². The first kappa shape index (κ1) is 19.3. The van der Waals surface area contributed by atoms with Gasteiger partial charge in [-0.3, -0.25) is 14.6 Å². The molecule has 3 aromatic rings. The molecule has 28 heavy (non-hydrogen) atoms. The van der Waals surface area contributed by atoms with E-state index in [0.29, 0.717) is 16.9 Å². The molecule has 0 saturated heterocycles. The van der Waals surface area contributed by atoms with Crippen molar-refractivity contribution in [1.29, 1.82) is 0 Å². The highest BCUT2D eigenvalue weighted by molar-refractivity contribution is 6.04. The van der Waals surface area contributed by atoms with Crippen molar-refractivity contribution < 1.29 is 9.59 Å². The molecule has 1 aromatic heterocycles. The fraction of sp³-hybridized carbons (Fsp3) is 0.174. The Morgan fingerprint density at radius 2 is 1.50 bits per heavy atom. The first-order valence-corrected chi connectivity index (χ1v) is 9.29. The van der Waals surface area contributed by atoms with Crippen LogP contribution >= 0.6 is 0 Å². The molecule has 0 aliphatic heterocycles. The minimum Gasteiger partial charge on any atom is -0.326 e. The van der Waals surface area contributed by atoms with Crippen LogP contribution in [0.5, 0.6) is 0 Å². The zero-order valence-electron chi connectivity index (χ0n) is 16.0. The molecule has 5 nitrogen and oxygen atoms in total. The molecule has 0 saturated carbocycles. The van der Waals surface area contributed by atoms with E-state index in [9.17, 15) is 9.59 Å².